The Morgan fingerprint density at radius 1 is 1.25 bits per heavy atom. The van der Waals surface area contributed by atoms with E-state index in [1.165, 1.54) is 0 Å². The van der Waals surface area contributed by atoms with E-state index in [-0.39, 0.29) is 42.1 Å². The van der Waals surface area contributed by atoms with E-state index in [2.05, 4.69) is 20.6 Å². The Morgan fingerprint density at radius 2 is 2.04 bits per heavy atom. The number of amides is 1. The number of anilines is 1. The number of imidazole rings is 1. The summed E-state index contributed by atoms with van der Waals surface area (Å²) in [5, 5.41) is 6.43. The number of halogens is 2. The lowest BCUT2D eigenvalue weighted by molar-refractivity contribution is -0.118. The first-order valence-corrected chi connectivity index (χ1v) is 7.72. The number of carbonyl (C=O) groups is 1. The topological polar surface area (TPSA) is 71.8 Å². The number of hydrogen-bond acceptors (Lipinski definition) is 4. The van der Waals surface area contributed by atoms with Crippen LogP contribution in [0.2, 0.25) is 0 Å². The van der Waals surface area contributed by atoms with Crippen LogP contribution in [0.5, 0.6) is 0 Å². The highest BCUT2D eigenvalue weighted by molar-refractivity contribution is 5.96. The molecule has 0 radical (unpaired) electrons. The van der Waals surface area contributed by atoms with Gasteiger partial charge in [0, 0.05) is 24.5 Å². The molecule has 1 saturated heterocycles. The number of pyridine rings is 1. The molecule has 0 aromatic carbocycles. The molecule has 1 aliphatic carbocycles. The van der Waals surface area contributed by atoms with Crippen molar-refractivity contribution in [3.63, 3.8) is 0 Å². The van der Waals surface area contributed by atoms with Crippen LogP contribution in [-0.2, 0) is 4.79 Å². The van der Waals surface area contributed by atoms with Gasteiger partial charge in [-0.15, -0.1) is 24.8 Å². The molecule has 1 atom stereocenters. The van der Waals surface area contributed by atoms with Crippen molar-refractivity contribution in [1.82, 2.24) is 19.9 Å². The molecule has 4 rings (SSSR count). The second-order valence-corrected chi connectivity index (χ2v) is 6.22. The van der Waals surface area contributed by atoms with Crippen LogP contribution in [-0.4, -0.2) is 33.5 Å². The Hall–Kier alpha value is -1.63. The minimum absolute atomic E-state index is 0. The number of aromatic nitrogens is 3. The number of nitrogens with zero attached hydrogens (tertiary/aromatic N) is 3. The smallest absolute Gasteiger partial charge is 0.228 e. The van der Waals surface area contributed by atoms with Crippen molar-refractivity contribution in [2.75, 3.05) is 18.4 Å². The highest BCUT2D eigenvalue weighted by Gasteiger charge is 2.57. The van der Waals surface area contributed by atoms with Gasteiger partial charge in [0.15, 0.2) is 0 Å². The maximum atomic E-state index is 12.6. The molecule has 2 aromatic rings. The van der Waals surface area contributed by atoms with E-state index in [9.17, 15) is 4.79 Å². The second kappa shape index (κ2) is 7.51. The summed E-state index contributed by atoms with van der Waals surface area (Å²) in [6.45, 7) is 2.05. The summed E-state index contributed by atoms with van der Waals surface area (Å²) < 4.78 is 1.88. The predicted molar refractivity (Wildman–Crippen MR) is 97.1 cm³/mol. The molecule has 1 amide bonds. The van der Waals surface area contributed by atoms with E-state index in [0.717, 1.165) is 43.7 Å². The van der Waals surface area contributed by atoms with E-state index >= 15 is 0 Å². The van der Waals surface area contributed by atoms with Gasteiger partial charge in [-0.1, -0.05) is 0 Å². The van der Waals surface area contributed by atoms with Crippen LogP contribution in [0.3, 0.4) is 0 Å². The first kappa shape index (κ1) is 18.7. The van der Waals surface area contributed by atoms with Gasteiger partial charge >= 0.3 is 0 Å². The third kappa shape index (κ3) is 3.41. The maximum Gasteiger partial charge on any atom is 0.228 e. The fourth-order valence-electron chi connectivity index (χ4n) is 3.53. The fourth-order valence-corrected chi connectivity index (χ4v) is 3.53. The van der Waals surface area contributed by atoms with Gasteiger partial charge in [0.2, 0.25) is 5.91 Å². The van der Waals surface area contributed by atoms with Crippen LogP contribution in [0.1, 0.15) is 19.3 Å². The van der Waals surface area contributed by atoms with Gasteiger partial charge in [0.1, 0.15) is 0 Å². The number of hydrogen-bond donors (Lipinski definition) is 2. The lowest BCUT2D eigenvalue weighted by atomic mass is 9.92. The molecule has 2 fully saturated rings. The van der Waals surface area contributed by atoms with Crippen molar-refractivity contribution in [1.29, 1.82) is 0 Å². The first-order chi connectivity index (χ1) is 10.8. The molecule has 2 N–H and O–H groups in total. The lowest BCUT2D eigenvalue weighted by Crippen LogP contribution is -2.31. The van der Waals surface area contributed by atoms with Crippen molar-refractivity contribution in [3.05, 3.63) is 37.2 Å². The largest absolute Gasteiger partial charge is 0.323 e. The van der Waals surface area contributed by atoms with Crippen LogP contribution >= 0.6 is 24.8 Å². The monoisotopic (exact) mass is 369 g/mol. The Morgan fingerprint density at radius 3 is 2.75 bits per heavy atom. The summed E-state index contributed by atoms with van der Waals surface area (Å²) >= 11 is 0. The molecular formula is C16H21Cl2N5O. The van der Waals surface area contributed by atoms with E-state index < -0.39 is 0 Å². The molecule has 0 bridgehead atoms. The molecule has 1 spiro atoms. The molecule has 1 saturated carbocycles. The molecule has 8 heteroatoms. The average molecular weight is 370 g/mol. The molecular weight excluding hydrogens is 349 g/mol. The van der Waals surface area contributed by atoms with Crippen LogP contribution in [0.15, 0.2) is 37.2 Å². The van der Waals surface area contributed by atoms with Gasteiger partial charge in [-0.2, -0.15) is 0 Å². The third-order valence-electron chi connectivity index (χ3n) is 4.94. The van der Waals surface area contributed by atoms with Gasteiger partial charge in [0.05, 0.1) is 23.9 Å². The standard InChI is InChI=1S/C16H19N5O.2ClH/c22-15(12-9-16(12)2-5-17-6-3-16)20-13-10-18-4-1-14(13)21-8-7-19-11-21;;/h1,4,7-8,10-12,17H,2-3,5-6,9H2,(H,20,22);2*1H. The summed E-state index contributed by atoms with van der Waals surface area (Å²) in [6, 6.07) is 1.88. The van der Waals surface area contributed by atoms with Gasteiger partial charge in [-0.25, -0.2) is 4.98 Å². The molecule has 2 aromatic heterocycles. The van der Waals surface area contributed by atoms with Crippen LogP contribution < -0.4 is 10.6 Å². The lowest BCUT2D eigenvalue weighted by Gasteiger charge is -2.23. The molecule has 2 aliphatic rings. The van der Waals surface area contributed by atoms with E-state index in [1.54, 1.807) is 24.9 Å². The van der Waals surface area contributed by atoms with Crippen molar-refractivity contribution >= 4 is 36.4 Å². The minimum atomic E-state index is 0. The van der Waals surface area contributed by atoms with E-state index in [0.29, 0.717) is 0 Å². The maximum absolute atomic E-state index is 12.6. The Balaban J connectivity index is 0.00000104. The summed E-state index contributed by atoms with van der Waals surface area (Å²) in [5.41, 5.74) is 1.87. The van der Waals surface area contributed by atoms with Gasteiger partial charge in [-0.3, -0.25) is 9.78 Å². The van der Waals surface area contributed by atoms with Crippen molar-refractivity contribution in [2.24, 2.45) is 11.3 Å². The molecule has 24 heavy (non-hydrogen) atoms. The number of carbonyl (C=O) groups excluding carboxylic acids is 1. The zero-order chi connectivity index (χ0) is 15.0. The van der Waals surface area contributed by atoms with Gasteiger partial charge in [-0.05, 0) is 43.8 Å². The van der Waals surface area contributed by atoms with Crippen molar-refractivity contribution in [2.45, 2.75) is 19.3 Å². The number of piperidine rings is 1. The van der Waals surface area contributed by atoms with Crippen molar-refractivity contribution < 1.29 is 4.79 Å². The molecule has 1 unspecified atom stereocenters. The van der Waals surface area contributed by atoms with E-state index in [4.69, 9.17) is 0 Å². The quantitative estimate of drug-likeness (QED) is 0.871. The van der Waals surface area contributed by atoms with Gasteiger partial charge < -0.3 is 15.2 Å². The molecule has 130 valence electrons. The Labute approximate surface area is 153 Å². The molecule has 3 heterocycles. The predicted octanol–water partition coefficient (Wildman–Crippen LogP) is 2.44. The second-order valence-electron chi connectivity index (χ2n) is 6.22. The zero-order valence-electron chi connectivity index (χ0n) is 13.1. The highest BCUT2D eigenvalue weighted by atomic mass is 35.5. The van der Waals surface area contributed by atoms with Crippen LogP contribution in [0.25, 0.3) is 5.69 Å². The summed E-state index contributed by atoms with van der Waals surface area (Å²) in [5.74, 6) is 0.265. The van der Waals surface area contributed by atoms with Crippen LogP contribution in [0.4, 0.5) is 5.69 Å². The molecule has 6 nitrogen and oxygen atoms in total. The summed E-state index contributed by atoms with van der Waals surface area (Å²) in [4.78, 5) is 20.8. The minimum Gasteiger partial charge on any atom is -0.323 e. The summed E-state index contributed by atoms with van der Waals surface area (Å²) in [7, 11) is 0. The van der Waals surface area contributed by atoms with Crippen molar-refractivity contribution in [3.8, 4) is 5.69 Å². The third-order valence-corrected chi connectivity index (χ3v) is 4.94. The normalized spacial score (nSPS) is 20.6. The Kier molecular flexibility index (Phi) is 5.85. The van der Waals surface area contributed by atoms with Gasteiger partial charge in [0.25, 0.3) is 0 Å². The Bertz CT molecular complexity index is 686. The fraction of sp³-hybridized carbons (Fsp3) is 0.438. The summed E-state index contributed by atoms with van der Waals surface area (Å²) in [6.07, 6.45) is 11.9. The number of nitrogens with one attached hydrogen (secondary N) is 2. The van der Waals surface area contributed by atoms with Crippen LogP contribution in [0, 0.1) is 11.3 Å². The zero-order valence-corrected chi connectivity index (χ0v) is 14.8. The SMILES string of the molecule is Cl.Cl.O=C(Nc1cnccc1-n1ccnc1)C1CC12CCNCC2. The number of rotatable bonds is 3. The van der Waals surface area contributed by atoms with E-state index in [1.807, 2.05) is 16.8 Å². The highest BCUT2D eigenvalue weighted by Crippen LogP contribution is 2.58. The molecule has 1 aliphatic heterocycles. The first-order valence-electron chi connectivity index (χ1n) is 7.72. The average Bonchev–Trinajstić information content (AvgIpc) is 2.99.